The summed E-state index contributed by atoms with van der Waals surface area (Å²) in [6.07, 6.45) is 0. The Hall–Kier alpha value is -6.39. The maximum absolute atomic E-state index is 9.04. The largest absolute Gasteiger partial charge is 0.356 e. The molecule has 0 aliphatic rings. The number of rotatable bonds is 7. The molecule has 4 nitrogen and oxygen atoms in total. The highest BCUT2D eigenvalue weighted by Crippen LogP contribution is 2.38. The van der Waals surface area contributed by atoms with Crippen molar-refractivity contribution in [2.45, 2.75) is 20.5 Å². The van der Waals surface area contributed by atoms with Crippen molar-refractivity contribution in [2.75, 3.05) is 11.9 Å². The second-order valence-electron chi connectivity index (χ2n) is 13.7. The first-order valence-corrected chi connectivity index (χ1v) is 17.5. The minimum Gasteiger partial charge on any atom is -0.356 e. The van der Waals surface area contributed by atoms with Crippen molar-refractivity contribution in [3.8, 4) is 16.8 Å². The number of nitrogens with zero attached hydrogens (tertiary/aromatic N) is 3. The lowest BCUT2D eigenvalue weighted by atomic mass is 10.0. The van der Waals surface area contributed by atoms with E-state index >= 15 is 0 Å². The molecule has 1 N–H and O–H groups in total. The van der Waals surface area contributed by atoms with Crippen LogP contribution in [-0.2, 0) is 6.67 Å². The van der Waals surface area contributed by atoms with Crippen LogP contribution < -0.4 is 4.90 Å². The highest BCUT2D eigenvalue weighted by molar-refractivity contribution is 6.14. The molecule has 2 heterocycles. The predicted octanol–water partition coefficient (Wildman–Crippen LogP) is 11.7. The summed E-state index contributed by atoms with van der Waals surface area (Å²) in [5.74, 6) is 0. The van der Waals surface area contributed by atoms with Gasteiger partial charge in [0.05, 0.1) is 34.4 Å². The van der Waals surface area contributed by atoms with Crippen molar-refractivity contribution >= 4 is 55.0 Å². The average Bonchev–Trinajstić information content (AvgIpc) is 3.66. The van der Waals surface area contributed by atoms with Crippen molar-refractivity contribution < 1.29 is 0 Å². The van der Waals surface area contributed by atoms with E-state index in [0.29, 0.717) is 12.4 Å². The fourth-order valence-electron chi connectivity index (χ4n) is 7.96. The zero-order valence-electron chi connectivity index (χ0n) is 29.1. The van der Waals surface area contributed by atoms with Crippen LogP contribution in [0.5, 0.6) is 0 Å². The third-order valence-electron chi connectivity index (χ3n) is 10.2. The molecule has 0 radical (unpaired) electrons. The van der Waals surface area contributed by atoms with E-state index in [9.17, 15) is 0 Å². The first-order chi connectivity index (χ1) is 24.9. The number of fused-ring (bicyclic) bond motifs is 6. The monoisotopic (exact) mass is 658 g/mol. The smallest absolute Gasteiger partial charge is 0.0949 e. The molecule has 0 aliphatic carbocycles. The van der Waals surface area contributed by atoms with E-state index in [0.717, 1.165) is 16.8 Å². The lowest BCUT2D eigenvalue weighted by molar-refractivity contribution is 0.729. The number of aryl methyl sites for hydroxylation is 2. The number of benzene rings is 7. The fraction of sp³-hybridized carbons (Fsp3) is 0.0851. The van der Waals surface area contributed by atoms with Gasteiger partial charge in [0.15, 0.2) is 0 Å². The normalized spacial score (nSPS) is 11.6. The first kappa shape index (κ1) is 30.7. The van der Waals surface area contributed by atoms with Gasteiger partial charge in [-0.3, -0.25) is 5.41 Å². The van der Waals surface area contributed by atoms with Crippen LogP contribution in [0.4, 0.5) is 5.69 Å². The predicted molar refractivity (Wildman–Crippen MR) is 216 cm³/mol. The Morgan fingerprint density at radius 3 is 1.78 bits per heavy atom. The Bertz CT molecular complexity index is 2760. The maximum atomic E-state index is 9.04. The Morgan fingerprint density at radius 1 is 0.529 bits per heavy atom. The molecule has 9 aromatic rings. The van der Waals surface area contributed by atoms with Gasteiger partial charge in [0.25, 0.3) is 0 Å². The summed E-state index contributed by atoms with van der Waals surface area (Å²) >= 11 is 0. The number of hydrogen-bond acceptors (Lipinski definition) is 2. The second-order valence-corrected chi connectivity index (χ2v) is 13.7. The minimum absolute atomic E-state index is 0.527. The summed E-state index contributed by atoms with van der Waals surface area (Å²) in [5, 5.41) is 14.0. The zero-order valence-corrected chi connectivity index (χ0v) is 29.1. The van der Waals surface area contributed by atoms with E-state index in [1.54, 1.807) is 0 Å². The van der Waals surface area contributed by atoms with E-state index in [4.69, 9.17) is 5.41 Å². The van der Waals surface area contributed by atoms with Gasteiger partial charge in [0.1, 0.15) is 0 Å². The van der Waals surface area contributed by atoms with Crippen LogP contribution in [0, 0.1) is 19.3 Å². The van der Waals surface area contributed by atoms with Gasteiger partial charge in [0, 0.05) is 51.1 Å². The molecule has 2 aromatic heterocycles. The fourth-order valence-corrected chi connectivity index (χ4v) is 7.96. The molecule has 0 bridgehead atoms. The summed E-state index contributed by atoms with van der Waals surface area (Å²) < 4.78 is 4.80. The molecule has 246 valence electrons. The van der Waals surface area contributed by atoms with Crippen LogP contribution in [-0.4, -0.2) is 21.9 Å². The summed E-state index contributed by atoms with van der Waals surface area (Å²) in [4.78, 5) is 2.26. The van der Waals surface area contributed by atoms with Gasteiger partial charge in [-0.15, -0.1) is 0 Å². The minimum atomic E-state index is 0.527. The first-order valence-electron chi connectivity index (χ1n) is 17.5. The van der Waals surface area contributed by atoms with Gasteiger partial charge in [-0.25, -0.2) is 0 Å². The van der Waals surface area contributed by atoms with Crippen molar-refractivity contribution in [1.82, 2.24) is 9.13 Å². The lowest BCUT2D eigenvalue weighted by Crippen LogP contribution is -2.23. The zero-order chi connectivity index (χ0) is 34.6. The number of anilines is 1. The molecule has 0 fully saturated rings. The number of nitrogens with one attached hydrogen (secondary N) is 1. The molecular formula is C47H38N4. The van der Waals surface area contributed by atoms with Crippen LogP contribution in [0.25, 0.3) is 60.4 Å². The topological polar surface area (TPSA) is 37.0 Å². The molecule has 0 saturated carbocycles. The van der Waals surface area contributed by atoms with Gasteiger partial charge in [0.2, 0.25) is 0 Å². The van der Waals surface area contributed by atoms with Gasteiger partial charge in [-0.05, 0) is 90.7 Å². The molecule has 0 aliphatic heterocycles. The van der Waals surface area contributed by atoms with E-state index in [1.165, 1.54) is 71.6 Å². The standard InChI is InChI=1S/C47H38N4/c1-31-25-32(2)27-36(26-31)51-45-20-12-8-16-38(45)41-29-35(22-24-46(41)51)34-21-23-44-40(28-34)37-15-7-11-19-43(37)50(44)30-49(3)42-18-10-9-17-39(42)47(48)33-13-5-4-6-14-33/h4-29,48H,30H2,1-3H3. The van der Waals surface area contributed by atoms with Crippen LogP contribution in [0.2, 0.25) is 0 Å². The van der Waals surface area contributed by atoms with E-state index < -0.39 is 0 Å². The summed E-state index contributed by atoms with van der Waals surface area (Å²) in [7, 11) is 2.12. The van der Waals surface area contributed by atoms with Gasteiger partial charge in [-0.1, -0.05) is 103 Å². The van der Waals surface area contributed by atoms with Crippen molar-refractivity contribution in [1.29, 1.82) is 5.41 Å². The number of aromatic nitrogens is 2. The highest BCUT2D eigenvalue weighted by Gasteiger charge is 2.18. The van der Waals surface area contributed by atoms with E-state index in [2.05, 4.69) is 156 Å². The molecule has 7 aromatic carbocycles. The quantitative estimate of drug-likeness (QED) is 0.170. The second kappa shape index (κ2) is 12.2. The molecule has 4 heteroatoms. The third-order valence-corrected chi connectivity index (χ3v) is 10.2. The van der Waals surface area contributed by atoms with Crippen LogP contribution in [0.1, 0.15) is 22.3 Å². The Balaban J connectivity index is 1.13. The molecule has 0 atom stereocenters. The maximum Gasteiger partial charge on any atom is 0.0949 e. The van der Waals surface area contributed by atoms with Gasteiger partial charge < -0.3 is 14.0 Å². The average molecular weight is 659 g/mol. The molecule has 0 unspecified atom stereocenters. The van der Waals surface area contributed by atoms with Gasteiger partial charge in [-0.2, -0.15) is 0 Å². The third kappa shape index (κ3) is 5.19. The molecule has 9 rings (SSSR count). The van der Waals surface area contributed by atoms with Crippen molar-refractivity contribution in [2.24, 2.45) is 0 Å². The Labute approximate surface area is 297 Å². The lowest BCUT2D eigenvalue weighted by Gasteiger charge is -2.24. The molecule has 51 heavy (non-hydrogen) atoms. The Morgan fingerprint density at radius 2 is 1.06 bits per heavy atom. The molecular weight excluding hydrogens is 621 g/mol. The summed E-state index contributed by atoms with van der Waals surface area (Å²) in [5.41, 5.74) is 14.3. The highest BCUT2D eigenvalue weighted by atomic mass is 15.2. The number of para-hydroxylation sites is 3. The molecule has 0 saturated heterocycles. The Kier molecular flexibility index (Phi) is 7.32. The summed E-state index contributed by atoms with van der Waals surface area (Å²) in [6.45, 7) is 4.99. The SMILES string of the molecule is Cc1cc(C)cc(-n2c3ccccc3c3cc(-c4ccc5c(c4)c4ccccc4n5CN(C)c4ccccc4C(=N)c4ccccc4)ccc32)c1. The van der Waals surface area contributed by atoms with Crippen LogP contribution in [0.3, 0.4) is 0 Å². The van der Waals surface area contributed by atoms with Crippen molar-refractivity contribution in [3.63, 3.8) is 0 Å². The molecule has 0 amide bonds. The van der Waals surface area contributed by atoms with E-state index in [-0.39, 0.29) is 0 Å². The van der Waals surface area contributed by atoms with Crippen molar-refractivity contribution in [3.05, 3.63) is 180 Å². The van der Waals surface area contributed by atoms with Crippen LogP contribution in [0.15, 0.2) is 158 Å². The summed E-state index contributed by atoms with van der Waals surface area (Å²) in [6, 6.07) is 56.3. The van der Waals surface area contributed by atoms with E-state index in [1.807, 2.05) is 36.4 Å². The number of hydrogen-bond donors (Lipinski definition) is 1. The van der Waals surface area contributed by atoms with Crippen LogP contribution >= 0.6 is 0 Å². The molecule has 0 spiro atoms. The van der Waals surface area contributed by atoms with Gasteiger partial charge >= 0.3 is 0 Å².